The van der Waals surface area contributed by atoms with Crippen LogP contribution in [0.2, 0.25) is 0 Å². The standard InChI is InChI=1S/C29H27NO13/c1-12(31)39-11-21-27(40-13(2)32)28(41-14(3)33)24(29(43-21)42-15(4)34)30-10-16-8-18-23(20(36)9-16)26(38)22-17(25(18)37)6-5-7-19(22)35/h5-10,21,24,27-29,35-36H,11H2,1-4H3/t21-,24-,27-,28+,29?/m1/s1. The quantitative estimate of drug-likeness (QED) is 0.225. The van der Waals surface area contributed by atoms with E-state index in [0.29, 0.717) is 0 Å². The van der Waals surface area contributed by atoms with Gasteiger partial charge in [-0.15, -0.1) is 0 Å². The molecule has 43 heavy (non-hydrogen) atoms. The number of phenolic OH excluding ortho intramolecular Hbond substituents is 2. The minimum atomic E-state index is -1.53. The van der Waals surface area contributed by atoms with Crippen molar-refractivity contribution >= 4 is 41.7 Å². The Morgan fingerprint density at radius 1 is 0.814 bits per heavy atom. The highest BCUT2D eigenvalue weighted by Gasteiger charge is 2.51. The lowest BCUT2D eigenvalue weighted by molar-refractivity contribution is -0.266. The summed E-state index contributed by atoms with van der Waals surface area (Å²) in [6.07, 6.45) is -4.40. The summed E-state index contributed by atoms with van der Waals surface area (Å²) in [5.74, 6) is -5.46. The minimum absolute atomic E-state index is 0.0560. The summed E-state index contributed by atoms with van der Waals surface area (Å²) in [5, 5.41) is 20.9. The van der Waals surface area contributed by atoms with Crippen molar-refractivity contribution in [2.24, 2.45) is 4.99 Å². The number of benzene rings is 2. The predicted octanol–water partition coefficient (Wildman–Crippen LogP) is 1.38. The summed E-state index contributed by atoms with van der Waals surface area (Å²) in [6.45, 7) is 3.95. The van der Waals surface area contributed by atoms with Gasteiger partial charge in [-0.3, -0.25) is 33.8 Å². The first kappa shape index (κ1) is 30.8. The third-order valence-corrected chi connectivity index (χ3v) is 6.47. The highest BCUT2D eigenvalue weighted by molar-refractivity contribution is 6.30. The van der Waals surface area contributed by atoms with Crippen molar-refractivity contribution in [1.82, 2.24) is 0 Å². The summed E-state index contributed by atoms with van der Waals surface area (Å²) >= 11 is 0. The van der Waals surface area contributed by atoms with E-state index in [4.69, 9.17) is 23.7 Å². The second kappa shape index (κ2) is 12.4. The molecular formula is C29H27NO13. The minimum Gasteiger partial charge on any atom is -0.507 e. The summed E-state index contributed by atoms with van der Waals surface area (Å²) in [6, 6.07) is 5.07. The molecule has 5 atom stereocenters. The monoisotopic (exact) mass is 597 g/mol. The van der Waals surface area contributed by atoms with Crippen LogP contribution in [-0.2, 0) is 42.9 Å². The molecule has 1 saturated heterocycles. The number of aromatic hydroxyl groups is 2. The van der Waals surface area contributed by atoms with E-state index < -0.39 is 84.2 Å². The molecule has 0 spiro atoms. The number of carbonyl (C=O) groups is 6. The molecule has 0 aromatic heterocycles. The van der Waals surface area contributed by atoms with Gasteiger partial charge in [0, 0.05) is 45.0 Å². The van der Waals surface area contributed by atoms with Crippen LogP contribution in [0, 0.1) is 0 Å². The molecule has 0 saturated carbocycles. The molecule has 1 aliphatic carbocycles. The fraction of sp³-hybridized carbons (Fsp3) is 0.345. The van der Waals surface area contributed by atoms with Gasteiger partial charge in [-0.25, -0.2) is 0 Å². The van der Waals surface area contributed by atoms with Gasteiger partial charge in [0.15, 0.2) is 24.0 Å². The smallest absolute Gasteiger partial charge is 0.305 e. The summed E-state index contributed by atoms with van der Waals surface area (Å²) in [4.78, 5) is 78.1. The SMILES string of the molecule is CC(=O)OC[C@H]1OC(OC(C)=O)[C@H](N=Cc2cc(O)c3c(c2)C(=O)c2cccc(O)c2C3=O)[C@H](OC(C)=O)[C@@H]1OC(C)=O. The molecule has 2 aromatic rings. The number of aliphatic imine (C=N–C) groups is 1. The number of phenols is 2. The molecule has 2 aliphatic rings. The van der Waals surface area contributed by atoms with E-state index >= 15 is 0 Å². The van der Waals surface area contributed by atoms with Crippen LogP contribution < -0.4 is 0 Å². The Bertz CT molecular complexity index is 1550. The maximum Gasteiger partial charge on any atom is 0.305 e. The molecule has 0 radical (unpaired) electrons. The lowest BCUT2D eigenvalue weighted by Gasteiger charge is -2.42. The number of fused-ring (bicyclic) bond motifs is 2. The maximum atomic E-state index is 13.2. The van der Waals surface area contributed by atoms with Gasteiger partial charge in [-0.2, -0.15) is 0 Å². The maximum absolute atomic E-state index is 13.2. The zero-order valence-electron chi connectivity index (χ0n) is 23.4. The lowest BCUT2D eigenvalue weighted by atomic mass is 9.82. The number of rotatable bonds is 7. The fourth-order valence-electron chi connectivity index (χ4n) is 4.85. The van der Waals surface area contributed by atoms with E-state index in [-0.39, 0.29) is 27.8 Å². The van der Waals surface area contributed by atoms with Crippen LogP contribution in [0.25, 0.3) is 0 Å². The van der Waals surface area contributed by atoms with Gasteiger partial charge in [0.2, 0.25) is 12.1 Å². The van der Waals surface area contributed by atoms with E-state index in [1.165, 1.54) is 24.3 Å². The number of carbonyl (C=O) groups excluding carboxylic acids is 6. The van der Waals surface area contributed by atoms with E-state index in [1.807, 2.05) is 0 Å². The van der Waals surface area contributed by atoms with Crippen LogP contribution in [-0.4, -0.2) is 89.1 Å². The van der Waals surface area contributed by atoms with Crippen molar-refractivity contribution in [2.75, 3.05) is 6.61 Å². The van der Waals surface area contributed by atoms with E-state index in [9.17, 15) is 39.0 Å². The number of ketones is 2. The normalized spacial score (nSPS) is 22.7. The average molecular weight is 598 g/mol. The van der Waals surface area contributed by atoms with Crippen molar-refractivity contribution in [3.63, 3.8) is 0 Å². The molecule has 4 rings (SSSR count). The van der Waals surface area contributed by atoms with Crippen LogP contribution in [0.1, 0.15) is 65.1 Å². The predicted molar refractivity (Wildman–Crippen MR) is 143 cm³/mol. The topological polar surface area (TPSA) is 201 Å². The number of nitrogens with zero attached hydrogens (tertiary/aromatic N) is 1. The third kappa shape index (κ3) is 6.54. The van der Waals surface area contributed by atoms with Crippen molar-refractivity contribution in [3.05, 3.63) is 58.1 Å². The summed E-state index contributed by atoms with van der Waals surface area (Å²) < 4.78 is 26.9. The van der Waals surface area contributed by atoms with Gasteiger partial charge >= 0.3 is 23.9 Å². The Kier molecular flexibility index (Phi) is 8.90. The zero-order chi connectivity index (χ0) is 31.6. The van der Waals surface area contributed by atoms with Crippen LogP contribution in [0.4, 0.5) is 0 Å². The van der Waals surface area contributed by atoms with Crippen LogP contribution >= 0.6 is 0 Å². The molecular weight excluding hydrogens is 570 g/mol. The molecule has 14 nitrogen and oxygen atoms in total. The van der Waals surface area contributed by atoms with Gasteiger partial charge in [0.1, 0.15) is 24.2 Å². The van der Waals surface area contributed by atoms with Gasteiger partial charge < -0.3 is 33.9 Å². The van der Waals surface area contributed by atoms with Crippen LogP contribution in [0.15, 0.2) is 35.3 Å². The molecule has 226 valence electrons. The molecule has 0 bridgehead atoms. The first-order chi connectivity index (χ1) is 20.3. The van der Waals surface area contributed by atoms with Crippen molar-refractivity contribution in [1.29, 1.82) is 0 Å². The molecule has 0 amide bonds. The zero-order valence-corrected chi connectivity index (χ0v) is 23.4. The molecule has 1 aliphatic heterocycles. The Labute approximate surface area is 244 Å². The lowest BCUT2D eigenvalue weighted by Crippen LogP contribution is -2.61. The Hall–Kier alpha value is -5.11. The molecule has 2 aromatic carbocycles. The second-order valence-electron chi connectivity index (χ2n) is 9.69. The van der Waals surface area contributed by atoms with Crippen molar-refractivity contribution in [2.45, 2.75) is 58.3 Å². The summed E-state index contributed by atoms with van der Waals surface area (Å²) in [5.41, 5.74) is -0.646. The molecule has 1 unspecified atom stereocenters. The van der Waals surface area contributed by atoms with Crippen molar-refractivity contribution in [3.8, 4) is 11.5 Å². The highest BCUT2D eigenvalue weighted by Crippen LogP contribution is 2.37. The van der Waals surface area contributed by atoms with E-state index in [1.54, 1.807) is 0 Å². The third-order valence-electron chi connectivity index (χ3n) is 6.47. The highest BCUT2D eigenvalue weighted by atomic mass is 16.7. The Morgan fingerprint density at radius 2 is 1.44 bits per heavy atom. The number of esters is 4. The largest absolute Gasteiger partial charge is 0.507 e. The second-order valence-corrected chi connectivity index (χ2v) is 9.69. The van der Waals surface area contributed by atoms with Crippen LogP contribution in [0.3, 0.4) is 0 Å². The summed E-state index contributed by atoms with van der Waals surface area (Å²) in [7, 11) is 0. The first-order valence-electron chi connectivity index (χ1n) is 12.9. The molecule has 1 fully saturated rings. The molecule has 1 heterocycles. The van der Waals surface area contributed by atoms with Gasteiger partial charge in [0.05, 0.1) is 11.1 Å². The molecule has 2 N–H and O–H groups in total. The van der Waals surface area contributed by atoms with Crippen LogP contribution in [0.5, 0.6) is 11.5 Å². The Morgan fingerprint density at radius 3 is 2.07 bits per heavy atom. The van der Waals surface area contributed by atoms with Gasteiger partial charge in [0.25, 0.3) is 0 Å². The van der Waals surface area contributed by atoms with Gasteiger partial charge in [-0.05, 0) is 23.8 Å². The first-order valence-corrected chi connectivity index (χ1v) is 12.9. The van der Waals surface area contributed by atoms with Gasteiger partial charge in [-0.1, -0.05) is 12.1 Å². The number of hydrogen-bond acceptors (Lipinski definition) is 14. The fourth-order valence-corrected chi connectivity index (χ4v) is 4.85. The number of ether oxygens (including phenoxy) is 5. The van der Waals surface area contributed by atoms with Crippen molar-refractivity contribution < 1.29 is 62.7 Å². The Balaban J connectivity index is 1.76. The van der Waals surface area contributed by atoms with E-state index in [2.05, 4.69) is 4.99 Å². The number of hydrogen-bond donors (Lipinski definition) is 2. The average Bonchev–Trinajstić information content (AvgIpc) is 2.90. The molecule has 14 heteroatoms. The van der Waals surface area contributed by atoms with E-state index in [0.717, 1.165) is 40.0 Å².